The Morgan fingerprint density at radius 3 is 2.44 bits per heavy atom. The second-order valence-corrected chi connectivity index (χ2v) is 3.05. The maximum absolute atomic E-state index is 3.76. The number of hydrogen-bond donors (Lipinski definition) is 1. The van der Waals surface area contributed by atoms with E-state index in [1.165, 1.54) is 0 Å². The Morgan fingerprint density at radius 2 is 2.11 bits per heavy atom. The summed E-state index contributed by atoms with van der Waals surface area (Å²) in [6.07, 6.45) is 3.16. The van der Waals surface area contributed by atoms with Crippen LogP contribution in [0.5, 0.6) is 0 Å². The average molecular weight is 127 g/mol. The van der Waals surface area contributed by atoms with E-state index < -0.39 is 0 Å². The molecule has 0 atom stereocenters. The Bertz CT molecular complexity index is 84.6. The number of nitrogens with one attached hydrogen (secondary N) is 1. The second kappa shape index (κ2) is 3.67. The molecule has 0 radical (unpaired) electrons. The van der Waals surface area contributed by atoms with Gasteiger partial charge in [-0.25, -0.2) is 0 Å². The summed E-state index contributed by atoms with van der Waals surface area (Å²) in [4.78, 5) is 0. The average Bonchev–Trinajstić information content (AvgIpc) is 1.84. The lowest BCUT2D eigenvalue weighted by Gasteiger charge is -2.18. The molecular formula is C8H17N. The molecule has 0 aliphatic carbocycles. The predicted molar refractivity (Wildman–Crippen MR) is 42.5 cm³/mol. The molecule has 1 N–H and O–H groups in total. The predicted octanol–water partition coefficient (Wildman–Crippen LogP) is 1.81. The first kappa shape index (κ1) is 8.70. The van der Waals surface area contributed by atoms with E-state index in [1.54, 1.807) is 0 Å². The normalized spacial score (nSPS) is 11.4. The van der Waals surface area contributed by atoms with Crippen LogP contribution < -0.4 is 5.32 Å². The summed E-state index contributed by atoms with van der Waals surface area (Å²) in [5.74, 6) is 0. The van der Waals surface area contributed by atoms with Gasteiger partial charge in [0.15, 0.2) is 0 Å². The van der Waals surface area contributed by atoms with Gasteiger partial charge in [0, 0.05) is 0 Å². The quantitative estimate of drug-likeness (QED) is 0.568. The van der Waals surface area contributed by atoms with Crippen molar-refractivity contribution in [3.8, 4) is 0 Å². The van der Waals surface area contributed by atoms with Crippen LogP contribution in [0, 0.1) is 5.41 Å². The van der Waals surface area contributed by atoms with Crippen LogP contribution in [-0.4, -0.2) is 13.6 Å². The fraction of sp³-hybridized carbons (Fsp3) is 0.750. The van der Waals surface area contributed by atoms with Crippen LogP contribution in [0.3, 0.4) is 0 Å². The third-order valence-corrected chi connectivity index (χ3v) is 1.57. The van der Waals surface area contributed by atoms with E-state index >= 15 is 0 Å². The SMILES string of the molecule is C=CC(C)(C)CCNC. The van der Waals surface area contributed by atoms with Crippen molar-refractivity contribution in [1.29, 1.82) is 0 Å². The molecule has 0 amide bonds. The third kappa shape index (κ3) is 4.22. The van der Waals surface area contributed by atoms with Gasteiger partial charge in [-0.15, -0.1) is 6.58 Å². The van der Waals surface area contributed by atoms with Crippen LogP contribution >= 0.6 is 0 Å². The van der Waals surface area contributed by atoms with Crippen LogP contribution in [0.15, 0.2) is 12.7 Å². The summed E-state index contributed by atoms with van der Waals surface area (Å²) >= 11 is 0. The molecule has 0 unspecified atom stereocenters. The van der Waals surface area contributed by atoms with Crippen LogP contribution in [0.2, 0.25) is 0 Å². The molecule has 0 aliphatic heterocycles. The minimum absolute atomic E-state index is 0.295. The highest BCUT2D eigenvalue weighted by atomic mass is 14.8. The summed E-state index contributed by atoms with van der Waals surface area (Å²) < 4.78 is 0. The smallest absolute Gasteiger partial charge is 0.00438 e. The van der Waals surface area contributed by atoms with E-state index in [0.29, 0.717) is 5.41 Å². The van der Waals surface area contributed by atoms with Crippen molar-refractivity contribution < 1.29 is 0 Å². The van der Waals surface area contributed by atoms with Crippen molar-refractivity contribution in [2.24, 2.45) is 5.41 Å². The first-order valence-corrected chi connectivity index (χ1v) is 3.40. The molecule has 0 heterocycles. The van der Waals surface area contributed by atoms with E-state index in [-0.39, 0.29) is 0 Å². The Balaban J connectivity index is 3.45. The van der Waals surface area contributed by atoms with Gasteiger partial charge >= 0.3 is 0 Å². The minimum Gasteiger partial charge on any atom is -0.320 e. The lowest BCUT2D eigenvalue weighted by Crippen LogP contribution is -2.17. The Labute approximate surface area is 58.2 Å². The van der Waals surface area contributed by atoms with Gasteiger partial charge in [0.05, 0.1) is 0 Å². The van der Waals surface area contributed by atoms with Crippen molar-refractivity contribution in [3.63, 3.8) is 0 Å². The van der Waals surface area contributed by atoms with Crippen molar-refractivity contribution in [1.82, 2.24) is 5.32 Å². The molecule has 0 saturated heterocycles. The number of allylic oxidation sites excluding steroid dienone is 1. The number of rotatable bonds is 4. The molecule has 0 aliphatic rings. The lowest BCUT2D eigenvalue weighted by molar-refractivity contribution is 0.430. The summed E-state index contributed by atoms with van der Waals surface area (Å²) in [7, 11) is 1.97. The van der Waals surface area contributed by atoms with E-state index in [2.05, 4.69) is 25.7 Å². The summed E-state index contributed by atoms with van der Waals surface area (Å²) in [5.41, 5.74) is 0.295. The van der Waals surface area contributed by atoms with Crippen molar-refractivity contribution >= 4 is 0 Å². The van der Waals surface area contributed by atoms with Gasteiger partial charge in [0.2, 0.25) is 0 Å². The maximum atomic E-state index is 3.76. The maximum Gasteiger partial charge on any atom is -0.00438 e. The van der Waals surface area contributed by atoms with Gasteiger partial charge in [-0.05, 0) is 25.4 Å². The van der Waals surface area contributed by atoms with Crippen molar-refractivity contribution in [3.05, 3.63) is 12.7 Å². The van der Waals surface area contributed by atoms with Crippen molar-refractivity contribution in [2.75, 3.05) is 13.6 Å². The molecule has 0 saturated carbocycles. The molecule has 0 rings (SSSR count). The Kier molecular flexibility index (Phi) is 3.55. The topological polar surface area (TPSA) is 12.0 Å². The molecule has 0 aromatic rings. The molecule has 0 spiro atoms. The van der Waals surface area contributed by atoms with Gasteiger partial charge in [0.25, 0.3) is 0 Å². The molecule has 0 aromatic heterocycles. The highest BCUT2D eigenvalue weighted by Gasteiger charge is 2.10. The number of hydrogen-bond acceptors (Lipinski definition) is 1. The van der Waals surface area contributed by atoms with Gasteiger partial charge < -0.3 is 5.32 Å². The first-order chi connectivity index (χ1) is 4.12. The zero-order valence-corrected chi connectivity index (χ0v) is 6.70. The summed E-state index contributed by atoms with van der Waals surface area (Å²) in [6, 6.07) is 0. The fourth-order valence-electron chi connectivity index (χ4n) is 0.549. The molecular weight excluding hydrogens is 110 g/mol. The first-order valence-electron chi connectivity index (χ1n) is 3.40. The standard InChI is InChI=1S/C8H17N/c1-5-8(2,3)6-7-9-4/h5,9H,1,6-7H2,2-4H3. The molecule has 0 aromatic carbocycles. The van der Waals surface area contributed by atoms with Gasteiger partial charge in [-0.2, -0.15) is 0 Å². The fourth-order valence-corrected chi connectivity index (χ4v) is 0.549. The molecule has 54 valence electrons. The van der Waals surface area contributed by atoms with Crippen LogP contribution in [-0.2, 0) is 0 Å². The molecule has 0 bridgehead atoms. The van der Waals surface area contributed by atoms with Crippen LogP contribution in [0.1, 0.15) is 20.3 Å². The molecule has 0 fully saturated rings. The van der Waals surface area contributed by atoms with Gasteiger partial charge in [-0.1, -0.05) is 19.9 Å². The molecule has 9 heavy (non-hydrogen) atoms. The van der Waals surface area contributed by atoms with E-state index in [4.69, 9.17) is 0 Å². The van der Waals surface area contributed by atoms with E-state index in [9.17, 15) is 0 Å². The Morgan fingerprint density at radius 1 is 1.56 bits per heavy atom. The second-order valence-electron chi connectivity index (χ2n) is 3.05. The highest BCUT2D eigenvalue weighted by molar-refractivity contribution is 4.87. The van der Waals surface area contributed by atoms with Crippen molar-refractivity contribution in [2.45, 2.75) is 20.3 Å². The third-order valence-electron chi connectivity index (χ3n) is 1.57. The van der Waals surface area contributed by atoms with E-state index in [0.717, 1.165) is 13.0 Å². The zero-order valence-electron chi connectivity index (χ0n) is 6.70. The Hall–Kier alpha value is -0.300. The molecule has 1 heteroatoms. The highest BCUT2D eigenvalue weighted by Crippen LogP contribution is 2.19. The van der Waals surface area contributed by atoms with Gasteiger partial charge in [-0.3, -0.25) is 0 Å². The summed E-state index contributed by atoms with van der Waals surface area (Å²) in [5, 5.41) is 3.11. The summed E-state index contributed by atoms with van der Waals surface area (Å²) in [6.45, 7) is 9.21. The molecule has 1 nitrogen and oxygen atoms in total. The lowest BCUT2D eigenvalue weighted by atomic mass is 9.90. The monoisotopic (exact) mass is 127 g/mol. The zero-order chi connectivity index (χ0) is 7.33. The minimum atomic E-state index is 0.295. The van der Waals surface area contributed by atoms with E-state index in [1.807, 2.05) is 13.1 Å². The van der Waals surface area contributed by atoms with Crippen LogP contribution in [0.4, 0.5) is 0 Å². The largest absolute Gasteiger partial charge is 0.320 e. The van der Waals surface area contributed by atoms with Crippen LogP contribution in [0.25, 0.3) is 0 Å². The van der Waals surface area contributed by atoms with Gasteiger partial charge in [0.1, 0.15) is 0 Å².